The largest absolute Gasteiger partial charge is 0.507 e. The molecule has 0 spiro atoms. The van der Waals surface area contributed by atoms with Gasteiger partial charge >= 0.3 is 0 Å². The van der Waals surface area contributed by atoms with Crippen molar-refractivity contribution in [2.75, 3.05) is 0 Å². The highest BCUT2D eigenvalue weighted by molar-refractivity contribution is 7.79. The summed E-state index contributed by atoms with van der Waals surface area (Å²) in [6, 6.07) is 2.26. The Morgan fingerprint density at radius 2 is 1.19 bits per heavy atom. The first-order valence-electron chi connectivity index (χ1n) is 11.7. The van der Waals surface area contributed by atoms with Gasteiger partial charge in [0.25, 0.3) is 0 Å². The molecule has 0 heterocycles. The molecule has 1 N–H and O–H groups in total. The molecule has 0 radical (unpaired) electrons. The SMILES string of the molecule is CCCCCCCCc1cc(CC)c(O)c(CCCCCCCC)c1CS. The smallest absolute Gasteiger partial charge is 0.122 e. The first-order chi connectivity index (χ1) is 13.2. The van der Waals surface area contributed by atoms with E-state index in [2.05, 4.69) is 39.5 Å². The topological polar surface area (TPSA) is 20.2 Å². The highest BCUT2D eigenvalue weighted by Gasteiger charge is 2.15. The minimum atomic E-state index is 0.557. The summed E-state index contributed by atoms with van der Waals surface area (Å²) < 4.78 is 0. The minimum Gasteiger partial charge on any atom is -0.507 e. The van der Waals surface area contributed by atoms with Crippen LogP contribution in [0.1, 0.15) is 120 Å². The number of aryl methyl sites for hydroxylation is 2. The van der Waals surface area contributed by atoms with E-state index in [1.807, 2.05) is 0 Å². The fraction of sp³-hybridized carbons (Fsp3) is 0.760. The third-order valence-electron chi connectivity index (χ3n) is 5.81. The molecule has 0 aromatic heterocycles. The van der Waals surface area contributed by atoms with Crippen LogP contribution in [-0.4, -0.2) is 5.11 Å². The van der Waals surface area contributed by atoms with Crippen LogP contribution in [0, 0.1) is 0 Å². The molecule has 0 atom stereocenters. The Kier molecular flexibility index (Phi) is 13.8. The molecule has 0 aliphatic carbocycles. The lowest BCUT2D eigenvalue weighted by atomic mass is 9.90. The predicted octanol–water partition coefficient (Wildman–Crippen LogP) is 8.19. The number of hydrogen-bond acceptors (Lipinski definition) is 2. The molecule has 1 nitrogen and oxygen atoms in total. The summed E-state index contributed by atoms with van der Waals surface area (Å²) >= 11 is 4.63. The summed E-state index contributed by atoms with van der Waals surface area (Å²) in [7, 11) is 0. The molecule has 27 heavy (non-hydrogen) atoms. The molecule has 156 valence electrons. The van der Waals surface area contributed by atoms with Gasteiger partial charge in [-0.2, -0.15) is 12.6 Å². The van der Waals surface area contributed by atoms with Crippen molar-refractivity contribution in [1.82, 2.24) is 0 Å². The van der Waals surface area contributed by atoms with Crippen LogP contribution in [0.5, 0.6) is 5.75 Å². The monoisotopic (exact) mass is 392 g/mol. The zero-order chi connectivity index (χ0) is 19.9. The van der Waals surface area contributed by atoms with Gasteiger partial charge in [-0.3, -0.25) is 0 Å². The van der Waals surface area contributed by atoms with Crippen molar-refractivity contribution in [2.45, 2.75) is 123 Å². The van der Waals surface area contributed by atoms with E-state index in [1.54, 1.807) is 0 Å². The van der Waals surface area contributed by atoms with Crippen LogP contribution in [0.4, 0.5) is 0 Å². The molecule has 0 fully saturated rings. The first kappa shape index (κ1) is 24.4. The molecular formula is C25H44OS. The van der Waals surface area contributed by atoms with Crippen molar-refractivity contribution in [1.29, 1.82) is 0 Å². The van der Waals surface area contributed by atoms with Gasteiger partial charge in [0.15, 0.2) is 0 Å². The van der Waals surface area contributed by atoms with E-state index in [9.17, 15) is 5.11 Å². The number of aromatic hydroxyl groups is 1. The van der Waals surface area contributed by atoms with Crippen molar-refractivity contribution in [3.8, 4) is 5.75 Å². The fourth-order valence-electron chi connectivity index (χ4n) is 4.03. The zero-order valence-corrected chi connectivity index (χ0v) is 19.2. The molecule has 0 unspecified atom stereocenters. The van der Waals surface area contributed by atoms with Crippen molar-refractivity contribution in [3.05, 3.63) is 28.3 Å². The molecule has 0 amide bonds. The van der Waals surface area contributed by atoms with Crippen molar-refractivity contribution in [3.63, 3.8) is 0 Å². The van der Waals surface area contributed by atoms with Crippen LogP contribution in [0.15, 0.2) is 6.07 Å². The van der Waals surface area contributed by atoms with Gasteiger partial charge in [0.05, 0.1) is 0 Å². The second-order valence-electron chi connectivity index (χ2n) is 8.05. The summed E-state index contributed by atoms with van der Waals surface area (Å²) in [5, 5.41) is 10.8. The summed E-state index contributed by atoms with van der Waals surface area (Å²) in [5.74, 6) is 1.30. The highest BCUT2D eigenvalue weighted by Crippen LogP contribution is 2.33. The summed E-state index contributed by atoms with van der Waals surface area (Å²) in [6.45, 7) is 6.68. The van der Waals surface area contributed by atoms with E-state index >= 15 is 0 Å². The molecule has 0 saturated heterocycles. The van der Waals surface area contributed by atoms with E-state index in [0.717, 1.165) is 30.6 Å². The molecule has 0 aliphatic heterocycles. The van der Waals surface area contributed by atoms with Crippen molar-refractivity contribution in [2.24, 2.45) is 0 Å². The molecule has 1 rings (SSSR count). The van der Waals surface area contributed by atoms with Gasteiger partial charge in [0.2, 0.25) is 0 Å². The Hall–Kier alpha value is -0.630. The van der Waals surface area contributed by atoms with Gasteiger partial charge in [-0.25, -0.2) is 0 Å². The average Bonchev–Trinajstić information content (AvgIpc) is 2.68. The number of unbranched alkanes of at least 4 members (excludes halogenated alkanes) is 10. The molecule has 1 aromatic carbocycles. The maximum Gasteiger partial charge on any atom is 0.122 e. The Morgan fingerprint density at radius 3 is 1.70 bits per heavy atom. The maximum absolute atomic E-state index is 10.8. The van der Waals surface area contributed by atoms with E-state index in [1.165, 1.54) is 93.7 Å². The molecule has 0 bridgehead atoms. The van der Waals surface area contributed by atoms with Crippen LogP contribution in [-0.2, 0) is 25.0 Å². The van der Waals surface area contributed by atoms with Gasteiger partial charge in [0, 0.05) is 5.75 Å². The first-order valence-corrected chi connectivity index (χ1v) is 12.3. The zero-order valence-electron chi connectivity index (χ0n) is 18.3. The van der Waals surface area contributed by atoms with Crippen LogP contribution in [0.2, 0.25) is 0 Å². The number of phenols is 1. The molecule has 1 aromatic rings. The van der Waals surface area contributed by atoms with Gasteiger partial charge in [0.1, 0.15) is 5.75 Å². The quantitative estimate of drug-likeness (QED) is 0.214. The van der Waals surface area contributed by atoms with Gasteiger partial charge in [-0.15, -0.1) is 0 Å². The normalized spacial score (nSPS) is 11.3. The van der Waals surface area contributed by atoms with Crippen molar-refractivity contribution >= 4 is 12.6 Å². The number of rotatable bonds is 16. The van der Waals surface area contributed by atoms with Gasteiger partial charge in [-0.05, 0) is 54.4 Å². The highest BCUT2D eigenvalue weighted by atomic mass is 32.1. The van der Waals surface area contributed by atoms with Gasteiger partial charge in [-0.1, -0.05) is 91.0 Å². The lowest BCUT2D eigenvalue weighted by Crippen LogP contribution is -2.03. The molecule has 0 aliphatic rings. The Morgan fingerprint density at radius 1 is 0.667 bits per heavy atom. The minimum absolute atomic E-state index is 0.557. The Balaban J connectivity index is 2.72. The van der Waals surface area contributed by atoms with E-state index in [4.69, 9.17) is 0 Å². The predicted molar refractivity (Wildman–Crippen MR) is 124 cm³/mol. The van der Waals surface area contributed by atoms with Crippen molar-refractivity contribution < 1.29 is 5.11 Å². The number of benzene rings is 1. The number of phenolic OH excluding ortho intramolecular Hbond substituents is 1. The summed E-state index contributed by atoms with van der Waals surface area (Å²) in [6.07, 6.45) is 18.8. The third-order valence-corrected chi connectivity index (χ3v) is 6.13. The maximum atomic E-state index is 10.8. The molecular weight excluding hydrogens is 348 g/mol. The molecule has 2 heteroatoms. The fourth-order valence-corrected chi connectivity index (χ4v) is 4.43. The Bertz CT molecular complexity index is 510. The number of thiol groups is 1. The second kappa shape index (κ2) is 15.3. The lowest BCUT2D eigenvalue weighted by Gasteiger charge is -2.18. The van der Waals surface area contributed by atoms with Crippen LogP contribution in [0.25, 0.3) is 0 Å². The van der Waals surface area contributed by atoms with E-state index in [0.29, 0.717) is 5.75 Å². The van der Waals surface area contributed by atoms with Crippen LogP contribution in [0.3, 0.4) is 0 Å². The van der Waals surface area contributed by atoms with Crippen LogP contribution < -0.4 is 0 Å². The summed E-state index contributed by atoms with van der Waals surface area (Å²) in [4.78, 5) is 0. The standard InChI is InChI=1S/C25H44OS/c1-4-7-9-11-13-15-17-22-19-21(6-3)25(26)23(24(22)20-27)18-16-14-12-10-8-5-2/h19,26-27H,4-18,20H2,1-3H3. The van der Waals surface area contributed by atoms with E-state index < -0.39 is 0 Å². The van der Waals surface area contributed by atoms with E-state index in [-0.39, 0.29) is 0 Å². The lowest BCUT2D eigenvalue weighted by molar-refractivity contribution is 0.458. The average molecular weight is 393 g/mol. The third kappa shape index (κ3) is 8.94. The van der Waals surface area contributed by atoms with Gasteiger partial charge < -0.3 is 5.11 Å². The molecule has 0 saturated carbocycles. The summed E-state index contributed by atoms with van der Waals surface area (Å²) in [5.41, 5.74) is 5.08. The second-order valence-corrected chi connectivity index (χ2v) is 8.36. The Labute approximate surface area is 174 Å². The van der Waals surface area contributed by atoms with Crippen LogP contribution >= 0.6 is 12.6 Å². The number of hydrogen-bond donors (Lipinski definition) is 2.